The summed E-state index contributed by atoms with van der Waals surface area (Å²) in [4.78, 5) is 9.17. The number of aromatic nitrogens is 1. The number of halogens is 2. The van der Waals surface area contributed by atoms with Crippen LogP contribution in [0.25, 0.3) is 0 Å². The Balaban J connectivity index is 1.55. The highest BCUT2D eigenvalue weighted by atomic mass is 35.5. The molecular weight excluding hydrogens is 297 g/mol. The summed E-state index contributed by atoms with van der Waals surface area (Å²) in [6.07, 6.45) is 1.87. The summed E-state index contributed by atoms with van der Waals surface area (Å²) in [6, 6.07) is 6.74. The van der Waals surface area contributed by atoms with Crippen molar-refractivity contribution in [3.05, 3.63) is 45.6 Å². The van der Waals surface area contributed by atoms with Gasteiger partial charge in [-0.2, -0.15) is 0 Å². The summed E-state index contributed by atoms with van der Waals surface area (Å²) in [6.45, 7) is 5.13. The van der Waals surface area contributed by atoms with E-state index < -0.39 is 0 Å². The van der Waals surface area contributed by atoms with E-state index in [1.807, 2.05) is 18.3 Å². The highest BCUT2D eigenvalue weighted by Gasteiger charge is 2.21. The minimum absolute atomic E-state index is 0.180. The van der Waals surface area contributed by atoms with Crippen LogP contribution in [-0.2, 0) is 6.54 Å². The van der Waals surface area contributed by atoms with Gasteiger partial charge in [-0.15, -0.1) is 11.3 Å². The molecular formula is C14H16ClFN3S+. The second kappa shape index (κ2) is 6.08. The molecule has 0 aliphatic carbocycles. The monoisotopic (exact) mass is 312 g/mol. The SMILES string of the molecule is Fc1ccc(N2CC[NH+](Cc3cnc(Cl)s3)CC2)cc1. The Morgan fingerprint density at radius 1 is 1.25 bits per heavy atom. The maximum absolute atomic E-state index is 12.9. The molecule has 3 nitrogen and oxygen atoms in total. The molecule has 0 saturated carbocycles. The van der Waals surface area contributed by atoms with E-state index >= 15 is 0 Å². The first-order chi connectivity index (χ1) is 9.70. The van der Waals surface area contributed by atoms with E-state index in [2.05, 4.69) is 9.88 Å². The quantitative estimate of drug-likeness (QED) is 0.933. The Morgan fingerprint density at radius 3 is 2.55 bits per heavy atom. The largest absolute Gasteiger partial charge is 0.360 e. The summed E-state index contributed by atoms with van der Waals surface area (Å²) in [5.41, 5.74) is 1.10. The van der Waals surface area contributed by atoms with Gasteiger partial charge >= 0.3 is 0 Å². The molecule has 106 valence electrons. The van der Waals surface area contributed by atoms with Crippen LogP contribution in [0.2, 0.25) is 4.47 Å². The Kier molecular flexibility index (Phi) is 4.19. The van der Waals surface area contributed by atoms with Gasteiger partial charge in [0.2, 0.25) is 0 Å². The highest BCUT2D eigenvalue weighted by Crippen LogP contribution is 2.17. The Hall–Kier alpha value is -1.17. The van der Waals surface area contributed by atoms with E-state index in [0.29, 0.717) is 4.47 Å². The average molecular weight is 313 g/mol. The van der Waals surface area contributed by atoms with Crippen LogP contribution in [0, 0.1) is 5.82 Å². The summed E-state index contributed by atoms with van der Waals surface area (Å²) in [7, 11) is 0. The number of benzene rings is 1. The van der Waals surface area contributed by atoms with Crippen molar-refractivity contribution in [2.75, 3.05) is 31.1 Å². The first-order valence-corrected chi connectivity index (χ1v) is 7.84. The highest BCUT2D eigenvalue weighted by molar-refractivity contribution is 7.15. The minimum Gasteiger partial charge on any atom is -0.360 e. The lowest BCUT2D eigenvalue weighted by atomic mass is 10.2. The maximum atomic E-state index is 12.9. The van der Waals surface area contributed by atoms with E-state index in [4.69, 9.17) is 11.6 Å². The molecule has 3 rings (SSSR count). The van der Waals surface area contributed by atoms with Crippen molar-refractivity contribution < 1.29 is 9.29 Å². The zero-order valence-electron chi connectivity index (χ0n) is 11.0. The van der Waals surface area contributed by atoms with Crippen LogP contribution < -0.4 is 9.80 Å². The Bertz CT molecular complexity index is 564. The maximum Gasteiger partial charge on any atom is 0.183 e. The standard InChI is InChI=1S/C14H15ClFN3S/c15-14-17-9-13(20-14)10-18-5-7-19(8-6-18)12-3-1-11(16)2-4-12/h1-4,9H,5-8,10H2/p+1. The summed E-state index contributed by atoms with van der Waals surface area (Å²) < 4.78 is 13.5. The number of quaternary nitrogens is 1. The van der Waals surface area contributed by atoms with Crippen LogP contribution in [0.1, 0.15) is 4.88 Å². The van der Waals surface area contributed by atoms with Crippen LogP contribution in [-0.4, -0.2) is 31.2 Å². The molecule has 1 fully saturated rings. The van der Waals surface area contributed by atoms with Crippen molar-refractivity contribution in [3.63, 3.8) is 0 Å². The van der Waals surface area contributed by atoms with Gasteiger partial charge in [0.05, 0.1) is 31.1 Å². The smallest absolute Gasteiger partial charge is 0.183 e. The predicted octanol–water partition coefficient (Wildman–Crippen LogP) is 1.84. The zero-order valence-corrected chi connectivity index (χ0v) is 12.6. The first-order valence-electron chi connectivity index (χ1n) is 6.65. The van der Waals surface area contributed by atoms with Gasteiger partial charge in [-0.3, -0.25) is 0 Å². The van der Waals surface area contributed by atoms with Crippen molar-refractivity contribution in [1.82, 2.24) is 4.98 Å². The van der Waals surface area contributed by atoms with E-state index in [0.717, 1.165) is 38.4 Å². The molecule has 1 N–H and O–H groups in total. The number of hydrogen-bond donors (Lipinski definition) is 1. The summed E-state index contributed by atoms with van der Waals surface area (Å²) >= 11 is 7.41. The van der Waals surface area contributed by atoms with Crippen molar-refractivity contribution in [3.8, 4) is 0 Å². The van der Waals surface area contributed by atoms with Gasteiger partial charge in [-0.25, -0.2) is 9.37 Å². The Morgan fingerprint density at radius 2 is 1.95 bits per heavy atom. The fourth-order valence-electron chi connectivity index (χ4n) is 2.52. The second-order valence-corrected chi connectivity index (χ2v) is 6.67. The molecule has 0 spiro atoms. The van der Waals surface area contributed by atoms with E-state index in [1.165, 1.54) is 17.0 Å². The molecule has 0 amide bonds. The van der Waals surface area contributed by atoms with Gasteiger partial charge < -0.3 is 9.80 Å². The molecule has 1 aromatic heterocycles. The molecule has 1 aliphatic heterocycles. The van der Waals surface area contributed by atoms with Crippen molar-refractivity contribution >= 4 is 28.6 Å². The van der Waals surface area contributed by atoms with Crippen LogP contribution in [0.15, 0.2) is 30.5 Å². The molecule has 20 heavy (non-hydrogen) atoms. The number of nitrogens with one attached hydrogen (secondary N) is 1. The van der Waals surface area contributed by atoms with Crippen LogP contribution in [0.4, 0.5) is 10.1 Å². The zero-order chi connectivity index (χ0) is 13.9. The number of nitrogens with zero attached hydrogens (tertiary/aromatic N) is 2. The number of anilines is 1. The van der Waals surface area contributed by atoms with Gasteiger partial charge in [0.1, 0.15) is 12.4 Å². The molecule has 1 aliphatic rings. The fourth-order valence-corrected chi connectivity index (χ4v) is 3.57. The molecule has 2 heterocycles. The van der Waals surface area contributed by atoms with Crippen molar-refractivity contribution in [2.24, 2.45) is 0 Å². The molecule has 1 aromatic carbocycles. The van der Waals surface area contributed by atoms with Crippen LogP contribution >= 0.6 is 22.9 Å². The average Bonchev–Trinajstić information content (AvgIpc) is 2.86. The molecule has 0 bridgehead atoms. The first kappa shape index (κ1) is 13.8. The van der Waals surface area contributed by atoms with Crippen molar-refractivity contribution in [2.45, 2.75) is 6.54 Å². The molecule has 6 heteroatoms. The van der Waals surface area contributed by atoms with E-state index in [-0.39, 0.29) is 5.82 Å². The molecule has 2 aromatic rings. The minimum atomic E-state index is -0.180. The van der Waals surface area contributed by atoms with Crippen LogP contribution in [0.3, 0.4) is 0 Å². The number of rotatable bonds is 3. The Labute approximate surface area is 126 Å². The van der Waals surface area contributed by atoms with E-state index in [9.17, 15) is 4.39 Å². The predicted molar refractivity (Wildman–Crippen MR) is 80.1 cm³/mol. The van der Waals surface area contributed by atoms with Gasteiger partial charge in [0, 0.05) is 11.9 Å². The molecule has 0 unspecified atom stereocenters. The number of thiazole rings is 1. The lowest BCUT2D eigenvalue weighted by molar-refractivity contribution is -0.914. The normalized spacial score (nSPS) is 16.6. The van der Waals surface area contributed by atoms with E-state index in [1.54, 1.807) is 16.2 Å². The van der Waals surface area contributed by atoms with Gasteiger partial charge in [0.25, 0.3) is 0 Å². The molecule has 1 saturated heterocycles. The summed E-state index contributed by atoms with van der Waals surface area (Å²) in [5.74, 6) is -0.180. The lowest BCUT2D eigenvalue weighted by Gasteiger charge is -2.33. The third-order valence-corrected chi connectivity index (χ3v) is 4.73. The number of piperazine rings is 1. The second-order valence-electron chi connectivity index (χ2n) is 4.97. The topological polar surface area (TPSA) is 20.6 Å². The molecule has 0 radical (unpaired) electrons. The van der Waals surface area contributed by atoms with Gasteiger partial charge in [0.15, 0.2) is 4.47 Å². The van der Waals surface area contributed by atoms with Crippen LogP contribution in [0.5, 0.6) is 0 Å². The van der Waals surface area contributed by atoms with Crippen molar-refractivity contribution in [1.29, 1.82) is 0 Å². The number of hydrogen-bond acceptors (Lipinski definition) is 3. The summed E-state index contributed by atoms with van der Waals surface area (Å²) in [5, 5.41) is 0. The van der Waals surface area contributed by atoms with Gasteiger partial charge in [-0.05, 0) is 24.3 Å². The fraction of sp³-hybridized carbons (Fsp3) is 0.357. The molecule has 0 atom stereocenters. The third-order valence-electron chi connectivity index (χ3n) is 3.61. The van der Waals surface area contributed by atoms with Gasteiger partial charge in [-0.1, -0.05) is 11.6 Å². The lowest BCUT2D eigenvalue weighted by Crippen LogP contribution is -3.13. The third kappa shape index (κ3) is 3.29.